The van der Waals surface area contributed by atoms with E-state index in [0.29, 0.717) is 12.5 Å². The molecule has 1 aliphatic heterocycles. The minimum absolute atomic E-state index is 0.0983. The molecular formula is C22H26FN3O. The zero-order valence-corrected chi connectivity index (χ0v) is 15.4. The first-order valence-electron chi connectivity index (χ1n) is 9.78. The highest BCUT2D eigenvalue weighted by atomic mass is 19.1. The summed E-state index contributed by atoms with van der Waals surface area (Å²) in [6.45, 7) is 2.39. The zero-order chi connectivity index (χ0) is 18.6. The fourth-order valence-electron chi connectivity index (χ4n) is 4.18. The lowest BCUT2D eigenvalue weighted by molar-refractivity contribution is 0.231. The number of halogens is 1. The molecule has 2 aliphatic rings. The van der Waals surface area contributed by atoms with Gasteiger partial charge in [0.1, 0.15) is 5.82 Å². The molecule has 4 nitrogen and oxygen atoms in total. The predicted molar refractivity (Wildman–Crippen MR) is 104 cm³/mol. The molecular weight excluding hydrogens is 341 g/mol. The van der Waals surface area contributed by atoms with E-state index in [9.17, 15) is 9.18 Å². The number of carbonyl (C=O) groups excluding carboxylic acids is 1. The lowest BCUT2D eigenvalue weighted by atomic mass is 9.82. The maximum atomic E-state index is 13.1. The maximum absolute atomic E-state index is 13.1. The topological polar surface area (TPSA) is 53.2 Å². The van der Waals surface area contributed by atoms with Crippen molar-refractivity contribution in [3.8, 4) is 0 Å². The summed E-state index contributed by atoms with van der Waals surface area (Å²) in [5.41, 5.74) is 5.01. The van der Waals surface area contributed by atoms with E-state index in [1.165, 1.54) is 28.8 Å². The van der Waals surface area contributed by atoms with Crippen LogP contribution in [0.4, 0.5) is 9.18 Å². The summed E-state index contributed by atoms with van der Waals surface area (Å²) < 4.78 is 13.1. The molecule has 1 heterocycles. The third-order valence-corrected chi connectivity index (χ3v) is 5.76. The monoisotopic (exact) mass is 367 g/mol. The van der Waals surface area contributed by atoms with Crippen molar-refractivity contribution in [2.24, 2.45) is 0 Å². The van der Waals surface area contributed by atoms with Crippen molar-refractivity contribution in [2.45, 2.75) is 57.3 Å². The van der Waals surface area contributed by atoms with Crippen molar-refractivity contribution >= 4 is 6.03 Å². The van der Waals surface area contributed by atoms with Gasteiger partial charge in [-0.25, -0.2) is 9.18 Å². The number of hydrogen-bond acceptors (Lipinski definition) is 2. The van der Waals surface area contributed by atoms with E-state index in [4.69, 9.17) is 0 Å². The number of carbonyl (C=O) groups is 1. The fraction of sp³-hybridized carbons (Fsp3) is 0.409. The zero-order valence-electron chi connectivity index (χ0n) is 15.4. The van der Waals surface area contributed by atoms with Crippen LogP contribution < -0.4 is 16.0 Å². The number of fused-ring (bicyclic) bond motifs is 1. The fourth-order valence-corrected chi connectivity index (χ4v) is 4.18. The Bertz CT molecular complexity index is 798. The molecule has 0 radical (unpaired) electrons. The molecule has 1 fully saturated rings. The smallest absolute Gasteiger partial charge is 0.315 e. The number of benzene rings is 2. The van der Waals surface area contributed by atoms with Crippen LogP contribution >= 0.6 is 0 Å². The summed E-state index contributed by atoms with van der Waals surface area (Å²) in [5.74, 6) is 0.275. The molecule has 0 atom stereocenters. The Kier molecular flexibility index (Phi) is 5.39. The van der Waals surface area contributed by atoms with Gasteiger partial charge in [0.25, 0.3) is 0 Å². The minimum Gasteiger partial charge on any atom is -0.335 e. The molecule has 0 saturated heterocycles. The molecule has 0 bridgehead atoms. The Morgan fingerprint density at radius 2 is 1.74 bits per heavy atom. The molecule has 27 heavy (non-hydrogen) atoms. The van der Waals surface area contributed by atoms with Gasteiger partial charge in [-0.15, -0.1) is 0 Å². The SMILES string of the molecule is O=C(NCc1ccc2c(c1)CNC2)NC1CCC(c2ccc(F)cc2)CC1. The Balaban J connectivity index is 1.22. The van der Waals surface area contributed by atoms with E-state index in [1.807, 2.05) is 12.1 Å². The number of amides is 2. The van der Waals surface area contributed by atoms with Gasteiger partial charge in [0.05, 0.1) is 0 Å². The third kappa shape index (κ3) is 4.48. The standard InChI is InChI=1S/C22H26FN3O/c23-20-7-3-16(4-8-20)17-5-9-21(10-6-17)26-22(27)25-12-15-1-2-18-13-24-14-19(18)11-15/h1-4,7-8,11,17,21,24H,5-6,9-10,12-14H2,(H2,25,26,27). The molecule has 5 heteroatoms. The van der Waals surface area contributed by atoms with Crippen LogP contribution in [0.3, 0.4) is 0 Å². The lowest BCUT2D eigenvalue weighted by Gasteiger charge is -2.29. The molecule has 2 aromatic carbocycles. The van der Waals surface area contributed by atoms with Crippen LogP contribution in [0.25, 0.3) is 0 Å². The van der Waals surface area contributed by atoms with Gasteiger partial charge in [-0.1, -0.05) is 30.3 Å². The number of hydrogen-bond donors (Lipinski definition) is 3. The Morgan fingerprint density at radius 1 is 1.00 bits per heavy atom. The second kappa shape index (κ2) is 8.09. The largest absolute Gasteiger partial charge is 0.335 e. The minimum atomic E-state index is -0.189. The van der Waals surface area contributed by atoms with Crippen LogP contribution in [-0.2, 0) is 19.6 Å². The highest BCUT2D eigenvalue weighted by molar-refractivity contribution is 5.74. The third-order valence-electron chi connectivity index (χ3n) is 5.76. The summed E-state index contributed by atoms with van der Waals surface area (Å²) >= 11 is 0. The Morgan fingerprint density at radius 3 is 2.52 bits per heavy atom. The highest BCUT2D eigenvalue weighted by Crippen LogP contribution is 2.32. The van der Waals surface area contributed by atoms with Crippen molar-refractivity contribution in [1.29, 1.82) is 0 Å². The molecule has 2 aromatic rings. The van der Waals surface area contributed by atoms with Crippen molar-refractivity contribution in [1.82, 2.24) is 16.0 Å². The first-order chi connectivity index (χ1) is 13.2. The van der Waals surface area contributed by atoms with Gasteiger partial charge in [-0.3, -0.25) is 0 Å². The summed E-state index contributed by atoms with van der Waals surface area (Å²) in [7, 11) is 0. The van der Waals surface area contributed by atoms with E-state index >= 15 is 0 Å². The van der Waals surface area contributed by atoms with Crippen molar-refractivity contribution in [3.05, 3.63) is 70.5 Å². The number of rotatable bonds is 4. The summed E-state index contributed by atoms with van der Waals surface area (Å²) in [6, 6.07) is 13.3. The number of nitrogens with one attached hydrogen (secondary N) is 3. The first-order valence-corrected chi connectivity index (χ1v) is 9.78. The molecule has 3 N–H and O–H groups in total. The van der Waals surface area contributed by atoms with E-state index < -0.39 is 0 Å². The molecule has 142 valence electrons. The molecule has 0 unspecified atom stereocenters. The normalized spacial score (nSPS) is 21.5. The molecule has 2 amide bonds. The molecule has 0 aromatic heterocycles. The second-order valence-electron chi connectivity index (χ2n) is 7.63. The molecule has 1 aliphatic carbocycles. The summed E-state index contributed by atoms with van der Waals surface area (Å²) in [5, 5.41) is 9.41. The maximum Gasteiger partial charge on any atom is 0.315 e. The van der Waals surface area contributed by atoms with Crippen LogP contribution in [0.1, 0.15) is 53.9 Å². The van der Waals surface area contributed by atoms with Crippen LogP contribution in [0.15, 0.2) is 42.5 Å². The van der Waals surface area contributed by atoms with Gasteiger partial charge in [0.2, 0.25) is 0 Å². The number of urea groups is 1. The summed E-state index contributed by atoms with van der Waals surface area (Å²) in [6.07, 6.45) is 3.96. The molecule has 1 saturated carbocycles. The van der Waals surface area contributed by atoms with Crippen LogP contribution in [0, 0.1) is 5.82 Å². The van der Waals surface area contributed by atoms with Crippen LogP contribution in [0.2, 0.25) is 0 Å². The van der Waals surface area contributed by atoms with E-state index in [-0.39, 0.29) is 17.9 Å². The average Bonchev–Trinajstić information content (AvgIpc) is 3.15. The predicted octanol–water partition coefficient (Wildman–Crippen LogP) is 3.95. The van der Waals surface area contributed by atoms with E-state index in [1.54, 1.807) is 0 Å². The lowest BCUT2D eigenvalue weighted by Crippen LogP contribution is -2.43. The Hall–Kier alpha value is -2.40. The summed E-state index contributed by atoms with van der Waals surface area (Å²) in [4.78, 5) is 12.2. The highest BCUT2D eigenvalue weighted by Gasteiger charge is 2.23. The van der Waals surface area contributed by atoms with Crippen molar-refractivity contribution < 1.29 is 9.18 Å². The average molecular weight is 367 g/mol. The van der Waals surface area contributed by atoms with Gasteiger partial charge in [0.15, 0.2) is 0 Å². The first kappa shape index (κ1) is 18.0. The molecule has 4 rings (SSSR count). The van der Waals surface area contributed by atoms with E-state index in [2.05, 4.69) is 34.1 Å². The van der Waals surface area contributed by atoms with Crippen molar-refractivity contribution in [3.63, 3.8) is 0 Å². The molecule has 0 spiro atoms. The van der Waals surface area contributed by atoms with Gasteiger partial charge < -0.3 is 16.0 Å². The van der Waals surface area contributed by atoms with E-state index in [0.717, 1.165) is 44.3 Å². The Labute approximate surface area is 159 Å². The van der Waals surface area contributed by atoms with Crippen LogP contribution in [0.5, 0.6) is 0 Å². The van der Waals surface area contributed by atoms with Crippen molar-refractivity contribution in [2.75, 3.05) is 0 Å². The second-order valence-corrected chi connectivity index (χ2v) is 7.63. The van der Waals surface area contributed by atoms with Gasteiger partial charge >= 0.3 is 6.03 Å². The van der Waals surface area contributed by atoms with Gasteiger partial charge in [0, 0.05) is 25.7 Å². The van der Waals surface area contributed by atoms with Gasteiger partial charge in [-0.05, 0) is 66.0 Å². The van der Waals surface area contributed by atoms with Crippen LogP contribution in [-0.4, -0.2) is 12.1 Å². The van der Waals surface area contributed by atoms with Gasteiger partial charge in [-0.2, -0.15) is 0 Å². The quantitative estimate of drug-likeness (QED) is 0.766.